The lowest BCUT2D eigenvalue weighted by Gasteiger charge is -2.16. The maximum Gasteiger partial charge on any atom is 0.222 e. The van der Waals surface area contributed by atoms with Gasteiger partial charge in [0.25, 0.3) is 0 Å². The van der Waals surface area contributed by atoms with Gasteiger partial charge in [-0.2, -0.15) is 11.8 Å². The summed E-state index contributed by atoms with van der Waals surface area (Å²) in [5, 5.41) is 2.95. The van der Waals surface area contributed by atoms with Crippen LogP contribution >= 0.6 is 11.8 Å². The van der Waals surface area contributed by atoms with E-state index in [1.54, 1.807) is 7.11 Å². The van der Waals surface area contributed by atoms with Crippen LogP contribution < -0.4 is 11.1 Å². The van der Waals surface area contributed by atoms with Crippen LogP contribution in [0.4, 0.5) is 0 Å². The van der Waals surface area contributed by atoms with Crippen LogP contribution in [0.3, 0.4) is 0 Å². The van der Waals surface area contributed by atoms with Crippen molar-refractivity contribution in [1.29, 1.82) is 0 Å². The second-order valence-corrected chi connectivity index (χ2v) is 5.15. The first-order chi connectivity index (χ1) is 7.63. The van der Waals surface area contributed by atoms with Crippen LogP contribution in [0.25, 0.3) is 0 Å². The Kier molecular flexibility index (Phi) is 9.77. The first-order valence-corrected chi connectivity index (χ1v) is 6.89. The SMILES string of the molecule is CCSCCC(C)NC(=O)CC(CN)OC. The van der Waals surface area contributed by atoms with Gasteiger partial charge in [0.15, 0.2) is 0 Å². The van der Waals surface area contributed by atoms with Crippen molar-refractivity contribution < 1.29 is 9.53 Å². The Morgan fingerprint density at radius 3 is 2.75 bits per heavy atom. The van der Waals surface area contributed by atoms with Gasteiger partial charge in [-0.3, -0.25) is 4.79 Å². The highest BCUT2D eigenvalue weighted by Crippen LogP contribution is 2.04. The Hall–Kier alpha value is -0.260. The number of thioether (sulfide) groups is 1. The maximum atomic E-state index is 11.6. The number of carbonyl (C=O) groups excluding carboxylic acids is 1. The Morgan fingerprint density at radius 2 is 2.25 bits per heavy atom. The molecule has 0 spiro atoms. The van der Waals surface area contributed by atoms with Crippen LogP contribution in [0.15, 0.2) is 0 Å². The molecule has 0 aromatic heterocycles. The molecule has 1 amide bonds. The van der Waals surface area contributed by atoms with Gasteiger partial charge in [0.2, 0.25) is 5.91 Å². The van der Waals surface area contributed by atoms with Crippen molar-refractivity contribution in [1.82, 2.24) is 5.32 Å². The highest BCUT2D eigenvalue weighted by Gasteiger charge is 2.13. The topological polar surface area (TPSA) is 64.4 Å². The lowest BCUT2D eigenvalue weighted by molar-refractivity contribution is -0.124. The van der Waals surface area contributed by atoms with Crippen molar-refractivity contribution in [2.75, 3.05) is 25.2 Å². The molecule has 16 heavy (non-hydrogen) atoms. The molecule has 0 saturated carbocycles. The van der Waals surface area contributed by atoms with Crippen LogP contribution in [0.5, 0.6) is 0 Å². The molecule has 4 nitrogen and oxygen atoms in total. The Morgan fingerprint density at radius 1 is 1.56 bits per heavy atom. The smallest absolute Gasteiger partial charge is 0.222 e. The van der Waals surface area contributed by atoms with Crippen molar-refractivity contribution in [2.24, 2.45) is 5.73 Å². The van der Waals surface area contributed by atoms with Gasteiger partial charge in [-0.1, -0.05) is 6.92 Å². The molecule has 2 unspecified atom stereocenters. The van der Waals surface area contributed by atoms with Crippen LogP contribution in [0.2, 0.25) is 0 Å². The minimum absolute atomic E-state index is 0.0197. The van der Waals surface area contributed by atoms with E-state index in [-0.39, 0.29) is 18.1 Å². The monoisotopic (exact) mass is 248 g/mol. The normalized spacial score (nSPS) is 14.5. The third-order valence-corrected chi connectivity index (χ3v) is 3.25. The summed E-state index contributed by atoms with van der Waals surface area (Å²) in [5.74, 6) is 2.23. The number of methoxy groups -OCH3 is 1. The molecule has 0 aliphatic heterocycles. The van der Waals surface area contributed by atoms with Crippen molar-refractivity contribution in [3.63, 3.8) is 0 Å². The molecule has 0 rings (SSSR count). The molecule has 3 N–H and O–H groups in total. The number of rotatable bonds is 9. The minimum Gasteiger partial charge on any atom is -0.380 e. The zero-order valence-corrected chi connectivity index (χ0v) is 11.3. The van der Waals surface area contributed by atoms with Gasteiger partial charge in [0, 0.05) is 19.7 Å². The molecule has 0 aromatic carbocycles. The molecule has 96 valence electrons. The van der Waals surface area contributed by atoms with Gasteiger partial charge in [-0.25, -0.2) is 0 Å². The molecule has 0 aromatic rings. The Balaban J connectivity index is 3.68. The zero-order valence-electron chi connectivity index (χ0n) is 10.5. The summed E-state index contributed by atoms with van der Waals surface area (Å²) in [5.41, 5.74) is 5.45. The van der Waals surface area contributed by atoms with Gasteiger partial charge in [0.05, 0.1) is 12.5 Å². The van der Waals surface area contributed by atoms with E-state index < -0.39 is 0 Å². The van der Waals surface area contributed by atoms with Crippen molar-refractivity contribution in [3.05, 3.63) is 0 Å². The fourth-order valence-corrected chi connectivity index (χ4v) is 2.09. The molecule has 0 aliphatic rings. The fraction of sp³-hybridized carbons (Fsp3) is 0.909. The van der Waals surface area contributed by atoms with Crippen LogP contribution in [-0.4, -0.2) is 43.2 Å². The third-order valence-electron chi connectivity index (χ3n) is 2.32. The summed E-state index contributed by atoms with van der Waals surface area (Å²) >= 11 is 1.89. The lowest BCUT2D eigenvalue weighted by Crippen LogP contribution is -2.37. The molecule has 0 saturated heterocycles. The summed E-state index contributed by atoms with van der Waals surface area (Å²) in [4.78, 5) is 11.6. The average Bonchev–Trinajstić information content (AvgIpc) is 2.26. The van der Waals surface area contributed by atoms with Gasteiger partial charge in [0.1, 0.15) is 0 Å². The van der Waals surface area contributed by atoms with E-state index in [4.69, 9.17) is 10.5 Å². The van der Waals surface area contributed by atoms with Gasteiger partial charge >= 0.3 is 0 Å². The minimum atomic E-state index is -0.169. The van der Waals surface area contributed by atoms with Crippen molar-refractivity contribution in [3.8, 4) is 0 Å². The third kappa shape index (κ3) is 7.96. The first-order valence-electron chi connectivity index (χ1n) is 5.74. The quantitative estimate of drug-likeness (QED) is 0.598. The molecule has 0 heterocycles. The number of hydrogen-bond acceptors (Lipinski definition) is 4. The summed E-state index contributed by atoms with van der Waals surface area (Å²) in [6.45, 7) is 4.54. The fourth-order valence-electron chi connectivity index (χ4n) is 1.28. The van der Waals surface area contributed by atoms with Crippen LogP contribution in [-0.2, 0) is 9.53 Å². The molecular formula is C11H24N2O2S. The van der Waals surface area contributed by atoms with Gasteiger partial charge in [-0.05, 0) is 24.9 Å². The Bertz CT molecular complexity index is 187. The highest BCUT2D eigenvalue weighted by atomic mass is 32.2. The second-order valence-electron chi connectivity index (χ2n) is 3.75. The van der Waals surface area contributed by atoms with E-state index in [9.17, 15) is 4.79 Å². The van der Waals surface area contributed by atoms with E-state index >= 15 is 0 Å². The summed E-state index contributed by atoms with van der Waals surface area (Å²) < 4.78 is 5.06. The largest absolute Gasteiger partial charge is 0.380 e. The lowest BCUT2D eigenvalue weighted by atomic mass is 10.2. The Labute approximate surface area is 103 Å². The zero-order chi connectivity index (χ0) is 12.4. The van der Waals surface area contributed by atoms with Gasteiger partial charge < -0.3 is 15.8 Å². The molecule has 0 bridgehead atoms. The molecule has 2 atom stereocenters. The number of hydrogen-bond donors (Lipinski definition) is 2. The average molecular weight is 248 g/mol. The standard InChI is InChI=1S/C11H24N2O2S/c1-4-16-6-5-9(2)13-11(14)7-10(8-12)15-3/h9-10H,4-8,12H2,1-3H3,(H,13,14). The number of ether oxygens (including phenoxy) is 1. The van der Waals surface area contributed by atoms with E-state index in [0.717, 1.165) is 17.9 Å². The van der Waals surface area contributed by atoms with E-state index in [0.29, 0.717) is 13.0 Å². The number of nitrogens with two attached hydrogens (primary N) is 1. The first kappa shape index (κ1) is 15.7. The molecular weight excluding hydrogens is 224 g/mol. The maximum absolute atomic E-state index is 11.6. The summed E-state index contributed by atoms with van der Waals surface area (Å²) in [7, 11) is 1.58. The number of nitrogens with one attached hydrogen (secondary N) is 1. The number of carbonyl (C=O) groups is 1. The van der Waals surface area contributed by atoms with E-state index in [2.05, 4.69) is 12.2 Å². The molecule has 0 fully saturated rings. The number of amides is 1. The second kappa shape index (κ2) is 9.93. The molecule has 0 radical (unpaired) electrons. The molecule has 5 heteroatoms. The van der Waals surface area contributed by atoms with E-state index in [1.165, 1.54) is 0 Å². The van der Waals surface area contributed by atoms with Crippen LogP contribution in [0, 0.1) is 0 Å². The van der Waals surface area contributed by atoms with Crippen LogP contribution in [0.1, 0.15) is 26.7 Å². The molecule has 0 aliphatic carbocycles. The van der Waals surface area contributed by atoms with E-state index in [1.807, 2.05) is 18.7 Å². The summed E-state index contributed by atoms with van der Waals surface area (Å²) in [6.07, 6.45) is 1.18. The van der Waals surface area contributed by atoms with Crippen molar-refractivity contribution >= 4 is 17.7 Å². The predicted octanol–water partition coefficient (Wildman–Crippen LogP) is 0.998. The van der Waals surface area contributed by atoms with Gasteiger partial charge in [-0.15, -0.1) is 0 Å². The predicted molar refractivity (Wildman–Crippen MR) is 69.7 cm³/mol. The van der Waals surface area contributed by atoms with Crippen molar-refractivity contribution in [2.45, 2.75) is 38.8 Å². The summed E-state index contributed by atoms with van der Waals surface area (Å²) in [6, 6.07) is 0.224. The highest BCUT2D eigenvalue weighted by molar-refractivity contribution is 7.99.